The van der Waals surface area contributed by atoms with Crippen LogP contribution in [-0.4, -0.2) is 5.11 Å². The van der Waals surface area contributed by atoms with Crippen LogP contribution in [0.1, 0.15) is 65.2 Å². The average molecular weight is 250 g/mol. The topological polar surface area (TPSA) is 20.2 Å². The molecule has 1 rings (SSSR count). The Balaban J connectivity index is 0. The van der Waals surface area contributed by atoms with Crippen molar-refractivity contribution in [3.8, 4) is 5.75 Å². The van der Waals surface area contributed by atoms with E-state index in [1.165, 1.54) is 0 Å². The van der Waals surface area contributed by atoms with Crippen molar-refractivity contribution in [2.45, 2.75) is 60.8 Å². The van der Waals surface area contributed by atoms with Crippen molar-refractivity contribution < 1.29 is 5.11 Å². The Labute approximate surface area is 114 Å². The summed E-state index contributed by atoms with van der Waals surface area (Å²) in [7, 11) is 0. The first-order valence-electron chi connectivity index (χ1n) is 6.83. The van der Waals surface area contributed by atoms with Crippen LogP contribution < -0.4 is 0 Å². The Morgan fingerprint density at radius 1 is 1.06 bits per heavy atom. The Morgan fingerprint density at radius 3 is 1.83 bits per heavy atom. The van der Waals surface area contributed by atoms with E-state index in [0.717, 1.165) is 16.7 Å². The van der Waals surface area contributed by atoms with Gasteiger partial charge in [0, 0.05) is 11.1 Å². The van der Waals surface area contributed by atoms with Crippen LogP contribution >= 0.6 is 0 Å². The smallest absolute Gasteiger partial charge is 0.126 e. The van der Waals surface area contributed by atoms with Gasteiger partial charge in [-0.25, -0.2) is 0 Å². The molecule has 0 aliphatic carbocycles. The van der Waals surface area contributed by atoms with Crippen LogP contribution in [-0.2, 0) is 5.41 Å². The van der Waals surface area contributed by atoms with Gasteiger partial charge in [-0.2, -0.15) is 0 Å². The molecule has 1 heteroatoms. The Hall–Kier alpha value is -1.24. The van der Waals surface area contributed by atoms with E-state index >= 15 is 0 Å². The van der Waals surface area contributed by atoms with Crippen molar-refractivity contribution in [2.75, 3.05) is 0 Å². The zero-order valence-electron chi connectivity index (χ0n) is 13.4. The summed E-state index contributed by atoms with van der Waals surface area (Å²) in [6, 6.07) is 3.97. The van der Waals surface area contributed by atoms with Crippen molar-refractivity contribution in [1.82, 2.24) is 0 Å². The number of benzene rings is 1. The molecule has 0 bridgehead atoms. The van der Waals surface area contributed by atoms with Gasteiger partial charge in [-0.15, -0.1) is 0 Å². The van der Waals surface area contributed by atoms with Gasteiger partial charge in [0.25, 0.3) is 0 Å². The summed E-state index contributed by atoms with van der Waals surface area (Å²) in [5.74, 6) is 0.359. The minimum absolute atomic E-state index is 0.0339. The number of aryl methyl sites for hydroxylation is 1. The quantitative estimate of drug-likeness (QED) is 0.678. The normalized spacial score (nSPS) is 9.56. The lowest BCUT2D eigenvalue weighted by Crippen LogP contribution is -2.12. The fourth-order valence-electron chi connectivity index (χ4n) is 1.53. The van der Waals surface area contributed by atoms with Gasteiger partial charge in [-0.05, 0) is 24.0 Å². The highest BCUT2D eigenvalue weighted by atomic mass is 16.3. The van der Waals surface area contributed by atoms with Crippen molar-refractivity contribution in [3.05, 3.63) is 35.4 Å². The predicted octanol–water partition coefficient (Wildman–Crippen LogP) is 5.69. The highest BCUT2D eigenvalue weighted by Crippen LogP contribution is 2.34. The zero-order chi connectivity index (χ0) is 14.9. The molecule has 0 fully saturated rings. The third-order valence-electron chi connectivity index (χ3n) is 2.31. The average Bonchev–Trinajstić information content (AvgIpc) is 2.35. The van der Waals surface area contributed by atoms with Gasteiger partial charge < -0.3 is 5.11 Å². The fourth-order valence-corrected chi connectivity index (χ4v) is 1.53. The molecule has 1 nitrogen and oxygen atoms in total. The molecule has 0 radical (unpaired) electrons. The second-order valence-corrected chi connectivity index (χ2v) is 4.70. The van der Waals surface area contributed by atoms with E-state index in [9.17, 15) is 5.11 Å². The van der Waals surface area contributed by atoms with Crippen LogP contribution in [0.4, 0.5) is 0 Å². The van der Waals surface area contributed by atoms with Crippen molar-refractivity contribution in [2.24, 2.45) is 0 Å². The number of phenols is 1. The van der Waals surface area contributed by atoms with Crippen molar-refractivity contribution >= 4 is 6.08 Å². The third-order valence-corrected chi connectivity index (χ3v) is 2.31. The van der Waals surface area contributed by atoms with E-state index in [2.05, 4.69) is 27.4 Å². The molecule has 0 amide bonds. The highest BCUT2D eigenvalue weighted by molar-refractivity contribution is 5.60. The van der Waals surface area contributed by atoms with E-state index in [1.54, 1.807) is 6.08 Å². The number of hydrogen-bond acceptors (Lipinski definition) is 1. The molecule has 1 aromatic carbocycles. The van der Waals surface area contributed by atoms with E-state index < -0.39 is 0 Å². The second kappa shape index (κ2) is 8.79. The van der Waals surface area contributed by atoms with Crippen LogP contribution in [0.3, 0.4) is 0 Å². The maximum Gasteiger partial charge on any atom is 0.126 e. The molecule has 1 aromatic rings. The van der Waals surface area contributed by atoms with Gasteiger partial charge in [0.1, 0.15) is 5.75 Å². The van der Waals surface area contributed by atoms with Gasteiger partial charge in [0.15, 0.2) is 0 Å². The van der Waals surface area contributed by atoms with Gasteiger partial charge in [-0.3, -0.25) is 0 Å². The van der Waals surface area contributed by atoms with Crippen LogP contribution in [0.15, 0.2) is 18.7 Å². The molecule has 1 N–H and O–H groups in total. The Morgan fingerprint density at radius 2 is 1.50 bits per heavy atom. The zero-order valence-corrected chi connectivity index (χ0v) is 13.4. The van der Waals surface area contributed by atoms with E-state index in [1.807, 2.05) is 46.8 Å². The number of phenolic OH excluding ortho intramolecular Hbond substituents is 1. The molecular weight excluding hydrogens is 220 g/mol. The molecule has 0 saturated heterocycles. The summed E-state index contributed by atoms with van der Waals surface area (Å²) in [6.07, 6.45) is 1.69. The van der Waals surface area contributed by atoms with Crippen molar-refractivity contribution in [3.63, 3.8) is 0 Å². The maximum atomic E-state index is 9.98. The molecule has 0 spiro atoms. The predicted molar refractivity (Wildman–Crippen MR) is 84.3 cm³/mol. The maximum absolute atomic E-state index is 9.98. The SMILES string of the molecule is C=Cc1cc(C)cc(C(C)(C)C)c1O.CC.CC. The summed E-state index contributed by atoms with van der Waals surface area (Å²) < 4.78 is 0. The minimum atomic E-state index is -0.0339. The van der Waals surface area contributed by atoms with Gasteiger partial charge in [-0.1, -0.05) is 67.2 Å². The lowest BCUT2D eigenvalue weighted by molar-refractivity contribution is 0.445. The van der Waals surface area contributed by atoms with Crippen LogP contribution in [0.25, 0.3) is 6.08 Å². The lowest BCUT2D eigenvalue weighted by atomic mass is 9.84. The number of aromatic hydroxyl groups is 1. The summed E-state index contributed by atoms with van der Waals surface area (Å²) in [4.78, 5) is 0. The molecular formula is C17H30O. The van der Waals surface area contributed by atoms with E-state index in [-0.39, 0.29) is 5.41 Å². The summed E-state index contributed by atoms with van der Waals surface area (Å²) in [6.45, 7) is 20.0. The minimum Gasteiger partial charge on any atom is -0.507 e. The van der Waals surface area contributed by atoms with Crippen LogP contribution in [0.2, 0.25) is 0 Å². The van der Waals surface area contributed by atoms with Crippen molar-refractivity contribution in [1.29, 1.82) is 0 Å². The lowest BCUT2D eigenvalue weighted by Gasteiger charge is -2.22. The van der Waals surface area contributed by atoms with Crippen LogP contribution in [0.5, 0.6) is 5.75 Å². The molecule has 0 aliphatic rings. The van der Waals surface area contributed by atoms with Gasteiger partial charge >= 0.3 is 0 Å². The van der Waals surface area contributed by atoms with Gasteiger partial charge in [0.2, 0.25) is 0 Å². The van der Waals surface area contributed by atoms with Gasteiger partial charge in [0.05, 0.1) is 0 Å². The molecule has 0 saturated carbocycles. The standard InChI is InChI=1S/C13H18O.2C2H6/c1-6-10-7-9(2)8-11(12(10)14)13(3,4)5;2*1-2/h6-8,14H,1H2,2-5H3;2*1-2H3. The first kappa shape index (κ1) is 19.1. The first-order valence-corrected chi connectivity index (χ1v) is 6.83. The Bertz CT molecular complexity index is 357. The number of rotatable bonds is 1. The summed E-state index contributed by atoms with van der Waals surface area (Å²) in [5.41, 5.74) is 2.92. The molecule has 104 valence electrons. The Kier molecular flexibility index (Phi) is 9.33. The fraction of sp³-hybridized carbons (Fsp3) is 0.529. The number of hydrogen-bond donors (Lipinski definition) is 1. The molecule has 0 atom stereocenters. The summed E-state index contributed by atoms with van der Waals surface area (Å²) >= 11 is 0. The monoisotopic (exact) mass is 250 g/mol. The highest BCUT2D eigenvalue weighted by Gasteiger charge is 2.19. The molecule has 0 heterocycles. The molecule has 0 aliphatic heterocycles. The largest absolute Gasteiger partial charge is 0.507 e. The third kappa shape index (κ3) is 5.39. The second-order valence-electron chi connectivity index (χ2n) is 4.70. The summed E-state index contributed by atoms with van der Waals surface area (Å²) in [5, 5.41) is 9.98. The van der Waals surface area contributed by atoms with E-state index in [0.29, 0.717) is 5.75 Å². The first-order chi connectivity index (χ1) is 8.36. The molecule has 0 unspecified atom stereocenters. The molecule has 18 heavy (non-hydrogen) atoms. The van der Waals surface area contributed by atoms with Crippen LogP contribution in [0, 0.1) is 6.92 Å². The molecule has 0 aromatic heterocycles. The van der Waals surface area contributed by atoms with E-state index in [4.69, 9.17) is 0 Å².